The number of pyridine rings is 1. The van der Waals surface area contributed by atoms with Crippen LogP contribution in [0.3, 0.4) is 0 Å². The Balaban J connectivity index is 1.49. The summed E-state index contributed by atoms with van der Waals surface area (Å²) in [5.74, 6) is 0.709. The first-order chi connectivity index (χ1) is 15.5. The maximum atomic E-state index is 13.1. The van der Waals surface area contributed by atoms with E-state index in [-0.39, 0.29) is 11.7 Å². The van der Waals surface area contributed by atoms with Crippen LogP contribution in [0.25, 0.3) is 10.9 Å². The van der Waals surface area contributed by atoms with Crippen molar-refractivity contribution in [3.63, 3.8) is 0 Å². The Bertz CT molecular complexity index is 1170. The zero-order valence-corrected chi connectivity index (χ0v) is 19.6. The standard InChI is InChI=1S/C25H28N2O3S2/c28-24(26-18-19-9-3-1-4-10-19)22-17-20-11-7-8-14-23(20)27-25(22)31-15-16-32(29,30)21-12-5-2-6-13-21/h2,5-8,11-14,17,19H,1,3-4,9-10,15-16,18H2,(H,26,28). The van der Waals surface area contributed by atoms with Crippen LogP contribution in [0, 0.1) is 5.92 Å². The van der Waals surface area contributed by atoms with Crippen LogP contribution in [0.2, 0.25) is 0 Å². The minimum atomic E-state index is -3.38. The number of carbonyl (C=O) groups is 1. The van der Waals surface area contributed by atoms with Crippen LogP contribution in [-0.4, -0.2) is 37.4 Å². The van der Waals surface area contributed by atoms with Gasteiger partial charge in [-0.15, -0.1) is 11.8 Å². The van der Waals surface area contributed by atoms with Gasteiger partial charge in [-0.3, -0.25) is 4.79 Å². The van der Waals surface area contributed by atoms with Crippen LogP contribution in [-0.2, 0) is 9.84 Å². The summed E-state index contributed by atoms with van der Waals surface area (Å²) in [6.07, 6.45) is 6.07. The van der Waals surface area contributed by atoms with E-state index < -0.39 is 9.84 Å². The Labute approximate surface area is 193 Å². The number of rotatable bonds is 8. The van der Waals surface area contributed by atoms with Crippen molar-refractivity contribution in [2.45, 2.75) is 42.0 Å². The van der Waals surface area contributed by atoms with Gasteiger partial charge in [-0.2, -0.15) is 0 Å². The summed E-state index contributed by atoms with van der Waals surface area (Å²) < 4.78 is 25.2. The van der Waals surface area contributed by atoms with E-state index in [4.69, 9.17) is 4.98 Å². The van der Waals surface area contributed by atoms with Gasteiger partial charge in [0.25, 0.3) is 5.91 Å². The van der Waals surface area contributed by atoms with Gasteiger partial charge in [-0.1, -0.05) is 55.7 Å². The Kier molecular flexibility index (Phi) is 7.48. The molecule has 0 aliphatic heterocycles. The highest BCUT2D eigenvalue weighted by Gasteiger charge is 2.20. The third kappa shape index (κ3) is 5.70. The van der Waals surface area contributed by atoms with Gasteiger partial charge in [0.05, 0.1) is 21.7 Å². The molecular formula is C25H28N2O3S2. The number of hydrogen-bond acceptors (Lipinski definition) is 5. The molecule has 168 valence electrons. The largest absolute Gasteiger partial charge is 0.352 e. The van der Waals surface area contributed by atoms with E-state index >= 15 is 0 Å². The Hall–Kier alpha value is -2.38. The van der Waals surface area contributed by atoms with Crippen molar-refractivity contribution in [1.29, 1.82) is 0 Å². The van der Waals surface area contributed by atoms with Crippen LogP contribution >= 0.6 is 11.8 Å². The van der Waals surface area contributed by atoms with Gasteiger partial charge in [0.2, 0.25) is 0 Å². The Morgan fingerprint density at radius 2 is 1.72 bits per heavy atom. The van der Waals surface area contributed by atoms with E-state index in [1.807, 2.05) is 30.3 Å². The van der Waals surface area contributed by atoms with Crippen molar-refractivity contribution >= 4 is 38.4 Å². The fraction of sp³-hybridized carbons (Fsp3) is 0.360. The van der Waals surface area contributed by atoms with Crippen LogP contribution in [0.15, 0.2) is 70.6 Å². The first-order valence-corrected chi connectivity index (χ1v) is 13.8. The van der Waals surface area contributed by atoms with Gasteiger partial charge in [0.15, 0.2) is 9.84 Å². The van der Waals surface area contributed by atoms with E-state index in [1.54, 1.807) is 30.3 Å². The number of nitrogens with zero attached hydrogens (tertiary/aromatic N) is 1. The summed E-state index contributed by atoms with van der Waals surface area (Å²) >= 11 is 1.32. The number of benzene rings is 2. The lowest BCUT2D eigenvalue weighted by Gasteiger charge is -2.22. The third-order valence-corrected chi connectivity index (χ3v) is 8.89. The molecule has 2 aromatic carbocycles. The molecule has 0 spiro atoms. The number of amides is 1. The molecule has 0 saturated heterocycles. The van der Waals surface area contributed by atoms with Crippen LogP contribution in [0.4, 0.5) is 0 Å². The van der Waals surface area contributed by atoms with E-state index in [2.05, 4.69) is 5.32 Å². The van der Waals surface area contributed by atoms with Gasteiger partial charge in [0, 0.05) is 17.7 Å². The minimum Gasteiger partial charge on any atom is -0.352 e. The van der Waals surface area contributed by atoms with Crippen molar-refractivity contribution in [3.05, 3.63) is 66.2 Å². The number of carbonyl (C=O) groups excluding carboxylic acids is 1. The van der Waals surface area contributed by atoms with Crippen LogP contribution in [0.1, 0.15) is 42.5 Å². The maximum Gasteiger partial charge on any atom is 0.254 e. The quantitative estimate of drug-likeness (QED) is 0.465. The van der Waals surface area contributed by atoms with Gasteiger partial charge < -0.3 is 5.32 Å². The third-order valence-electron chi connectivity index (χ3n) is 5.90. The molecule has 1 amide bonds. The lowest BCUT2D eigenvalue weighted by Crippen LogP contribution is -2.30. The van der Waals surface area contributed by atoms with Crippen molar-refractivity contribution in [2.75, 3.05) is 18.1 Å². The van der Waals surface area contributed by atoms with Gasteiger partial charge in [-0.05, 0) is 43.0 Å². The number of para-hydroxylation sites is 1. The summed E-state index contributed by atoms with van der Waals surface area (Å²) in [7, 11) is -3.38. The molecular weight excluding hydrogens is 440 g/mol. The molecule has 0 unspecified atom stereocenters. The van der Waals surface area contributed by atoms with Gasteiger partial charge in [0.1, 0.15) is 5.03 Å². The van der Waals surface area contributed by atoms with E-state index in [9.17, 15) is 13.2 Å². The first-order valence-electron chi connectivity index (χ1n) is 11.1. The summed E-state index contributed by atoms with van der Waals surface area (Å²) in [6.45, 7) is 0.679. The van der Waals surface area contributed by atoms with E-state index in [0.717, 1.165) is 23.7 Å². The molecule has 0 radical (unpaired) electrons. The maximum absolute atomic E-state index is 13.1. The minimum absolute atomic E-state index is 0.0146. The fourth-order valence-corrected chi connectivity index (χ4v) is 6.77. The molecule has 4 rings (SSSR count). The molecule has 1 aliphatic rings. The molecule has 7 heteroatoms. The monoisotopic (exact) mass is 468 g/mol. The molecule has 0 bridgehead atoms. The summed E-state index contributed by atoms with van der Waals surface area (Å²) in [5.41, 5.74) is 1.31. The Morgan fingerprint density at radius 1 is 1.00 bits per heavy atom. The molecule has 32 heavy (non-hydrogen) atoms. The smallest absolute Gasteiger partial charge is 0.254 e. The molecule has 1 heterocycles. The first kappa shape index (κ1) is 22.8. The lowest BCUT2D eigenvalue weighted by atomic mass is 9.89. The molecule has 1 aromatic heterocycles. The second kappa shape index (κ2) is 10.5. The summed E-state index contributed by atoms with van der Waals surface area (Å²) in [4.78, 5) is 18.1. The van der Waals surface area contributed by atoms with Gasteiger partial charge in [-0.25, -0.2) is 13.4 Å². The highest BCUT2D eigenvalue weighted by Crippen LogP contribution is 2.27. The predicted molar refractivity (Wildman–Crippen MR) is 130 cm³/mol. The molecule has 5 nitrogen and oxygen atoms in total. The fourth-order valence-electron chi connectivity index (χ4n) is 4.09. The average molecular weight is 469 g/mol. The Morgan fingerprint density at radius 3 is 2.50 bits per heavy atom. The van der Waals surface area contributed by atoms with Crippen molar-refractivity contribution < 1.29 is 13.2 Å². The van der Waals surface area contributed by atoms with E-state index in [1.165, 1.54) is 31.0 Å². The molecule has 1 N–H and O–H groups in total. The zero-order chi connectivity index (χ0) is 22.4. The topological polar surface area (TPSA) is 76.1 Å². The highest BCUT2D eigenvalue weighted by atomic mass is 32.2. The van der Waals surface area contributed by atoms with Crippen molar-refractivity contribution in [2.24, 2.45) is 5.92 Å². The molecule has 1 aliphatic carbocycles. The van der Waals surface area contributed by atoms with Crippen LogP contribution in [0.5, 0.6) is 0 Å². The summed E-state index contributed by atoms with van der Waals surface area (Å²) in [6, 6.07) is 18.0. The normalized spacial score (nSPS) is 15.0. The SMILES string of the molecule is O=C(NCC1CCCCC1)c1cc2ccccc2nc1SCCS(=O)(=O)c1ccccc1. The van der Waals surface area contributed by atoms with Crippen molar-refractivity contribution in [3.8, 4) is 0 Å². The second-order valence-electron chi connectivity index (χ2n) is 8.23. The number of nitrogens with one attached hydrogen (secondary N) is 1. The predicted octanol–water partition coefficient (Wildman–Crippen LogP) is 5.11. The number of aromatic nitrogens is 1. The molecule has 0 atom stereocenters. The molecule has 3 aromatic rings. The zero-order valence-electron chi connectivity index (χ0n) is 18.0. The summed E-state index contributed by atoms with van der Waals surface area (Å²) in [5, 5.41) is 4.57. The highest BCUT2D eigenvalue weighted by molar-refractivity contribution is 8.00. The van der Waals surface area contributed by atoms with Crippen LogP contribution < -0.4 is 5.32 Å². The average Bonchev–Trinajstić information content (AvgIpc) is 2.83. The molecule has 1 saturated carbocycles. The van der Waals surface area contributed by atoms with Crippen molar-refractivity contribution in [1.82, 2.24) is 10.3 Å². The number of fused-ring (bicyclic) bond motifs is 1. The van der Waals surface area contributed by atoms with Gasteiger partial charge >= 0.3 is 0 Å². The molecule has 1 fully saturated rings. The lowest BCUT2D eigenvalue weighted by molar-refractivity contribution is 0.0940. The number of thioether (sulfide) groups is 1. The number of sulfone groups is 1. The van der Waals surface area contributed by atoms with E-state index in [0.29, 0.717) is 33.7 Å². The second-order valence-corrected chi connectivity index (χ2v) is 11.4. The number of hydrogen-bond donors (Lipinski definition) is 1.